The lowest BCUT2D eigenvalue weighted by molar-refractivity contribution is 0.0691. The van der Waals surface area contributed by atoms with Crippen LogP contribution in [0, 0.1) is 10.8 Å². The molecular weight excluding hydrogens is 264 g/mol. The minimum Gasteiger partial charge on any atom is -0.476 e. The Balaban J connectivity index is 1.64. The number of carboxylic acid groups (broad SMARTS) is 1. The molecule has 1 aromatic heterocycles. The number of anilines is 1. The second-order valence-corrected chi connectivity index (χ2v) is 6.92. The van der Waals surface area contributed by atoms with Gasteiger partial charge in [-0.25, -0.2) is 9.78 Å². The first-order chi connectivity index (χ1) is 9.14. The molecule has 0 bridgehead atoms. The van der Waals surface area contributed by atoms with Crippen molar-refractivity contribution in [1.82, 2.24) is 4.98 Å². The Kier molecular flexibility index (Phi) is 2.27. The molecule has 3 aliphatic rings. The summed E-state index contributed by atoms with van der Waals surface area (Å²) in [6.07, 6.45) is 3.77. The average Bonchev–Trinajstić information content (AvgIpc) is 3.02. The van der Waals surface area contributed by atoms with Gasteiger partial charge in [0, 0.05) is 29.3 Å². The van der Waals surface area contributed by atoms with E-state index in [2.05, 4.69) is 9.88 Å². The standard InChI is InChI=1S/C13H16N2O3S/c16-10(17)9-4-19-11(14-9)15-5-12-2-1-3-13(12,6-15)8-18-7-12/h4H,1-3,5-8H2,(H,16,17). The van der Waals surface area contributed by atoms with Gasteiger partial charge >= 0.3 is 5.97 Å². The fourth-order valence-corrected chi connectivity index (χ4v) is 5.00. The van der Waals surface area contributed by atoms with Gasteiger partial charge in [-0.1, -0.05) is 6.42 Å². The molecule has 3 fully saturated rings. The topological polar surface area (TPSA) is 62.7 Å². The van der Waals surface area contributed by atoms with E-state index in [0.29, 0.717) is 10.8 Å². The number of ether oxygens (including phenoxy) is 1. The molecular formula is C13H16N2O3S. The van der Waals surface area contributed by atoms with Crippen LogP contribution in [0.4, 0.5) is 5.13 Å². The third-order valence-corrected chi connectivity index (χ3v) is 6.06. The second kappa shape index (κ2) is 3.70. The number of carbonyl (C=O) groups is 1. The number of nitrogens with zero attached hydrogens (tertiary/aromatic N) is 2. The van der Waals surface area contributed by atoms with Crippen LogP contribution in [0.15, 0.2) is 5.38 Å². The van der Waals surface area contributed by atoms with Crippen LogP contribution < -0.4 is 4.90 Å². The summed E-state index contributed by atoms with van der Waals surface area (Å²) in [5, 5.41) is 11.5. The van der Waals surface area contributed by atoms with Crippen molar-refractivity contribution < 1.29 is 14.6 Å². The van der Waals surface area contributed by atoms with Gasteiger partial charge in [0.1, 0.15) is 0 Å². The predicted octanol–water partition coefficient (Wildman–Crippen LogP) is 1.85. The van der Waals surface area contributed by atoms with E-state index in [9.17, 15) is 4.79 Å². The minimum absolute atomic E-state index is 0.161. The van der Waals surface area contributed by atoms with Gasteiger partial charge in [-0.2, -0.15) is 0 Å². The van der Waals surface area contributed by atoms with Crippen molar-refractivity contribution in [2.45, 2.75) is 19.3 Å². The normalized spacial score (nSPS) is 36.5. The highest BCUT2D eigenvalue weighted by atomic mass is 32.1. The third-order valence-electron chi connectivity index (χ3n) is 5.16. The van der Waals surface area contributed by atoms with Crippen molar-refractivity contribution in [2.75, 3.05) is 31.2 Å². The maximum absolute atomic E-state index is 10.9. The molecule has 1 aliphatic carbocycles. The summed E-state index contributed by atoms with van der Waals surface area (Å²) in [4.78, 5) is 17.4. The molecule has 0 radical (unpaired) electrons. The van der Waals surface area contributed by atoms with E-state index in [1.54, 1.807) is 5.38 Å². The number of hydrogen-bond donors (Lipinski definition) is 1. The Morgan fingerprint density at radius 2 is 2.05 bits per heavy atom. The Morgan fingerprint density at radius 1 is 1.37 bits per heavy atom. The number of aromatic carboxylic acids is 1. The first kappa shape index (κ1) is 11.7. The zero-order valence-corrected chi connectivity index (χ0v) is 11.4. The quantitative estimate of drug-likeness (QED) is 0.895. The molecule has 19 heavy (non-hydrogen) atoms. The van der Waals surface area contributed by atoms with E-state index >= 15 is 0 Å². The molecule has 1 aromatic rings. The summed E-state index contributed by atoms with van der Waals surface area (Å²) >= 11 is 1.44. The van der Waals surface area contributed by atoms with Crippen molar-refractivity contribution in [3.8, 4) is 0 Å². The van der Waals surface area contributed by atoms with Crippen molar-refractivity contribution >= 4 is 22.4 Å². The van der Waals surface area contributed by atoms with Gasteiger partial charge in [0.15, 0.2) is 10.8 Å². The largest absolute Gasteiger partial charge is 0.476 e. The summed E-state index contributed by atoms with van der Waals surface area (Å²) in [6, 6.07) is 0. The molecule has 2 aliphatic heterocycles. The van der Waals surface area contributed by atoms with E-state index in [1.807, 2.05) is 0 Å². The highest BCUT2D eigenvalue weighted by Crippen LogP contribution is 2.61. The fourth-order valence-electron chi connectivity index (χ4n) is 4.20. The summed E-state index contributed by atoms with van der Waals surface area (Å²) < 4.78 is 5.75. The summed E-state index contributed by atoms with van der Waals surface area (Å²) in [6.45, 7) is 3.67. The summed E-state index contributed by atoms with van der Waals surface area (Å²) in [7, 11) is 0. The number of thiazole rings is 1. The third kappa shape index (κ3) is 1.44. The van der Waals surface area contributed by atoms with Crippen LogP contribution in [-0.4, -0.2) is 42.4 Å². The van der Waals surface area contributed by atoms with Gasteiger partial charge in [0.05, 0.1) is 13.2 Å². The Bertz CT molecular complexity index is 512. The van der Waals surface area contributed by atoms with Crippen LogP contribution in [0.3, 0.4) is 0 Å². The molecule has 102 valence electrons. The van der Waals surface area contributed by atoms with Gasteiger partial charge in [0.2, 0.25) is 0 Å². The molecule has 1 N–H and O–H groups in total. The zero-order chi connectivity index (χ0) is 13.1. The molecule has 0 aromatic carbocycles. The number of rotatable bonds is 2. The SMILES string of the molecule is O=C(O)c1csc(N2CC34CCCC3(COC4)C2)n1. The van der Waals surface area contributed by atoms with Crippen LogP contribution in [0.2, 0.25) is 0 Å². The average molecular weight is 280 g/mol. The van der Waals surface area contributed by atoms with Gasteiger partial charge in [-0.05, 0) is 12.8 Å². The lowest BCUT2D eigenvalue weighted by atomic mass is 9.71. The van der Waals surface area contributed by atoms with Crippen LogP contribution in [0.25, 0.3) is 0 Å². The van der Waals surface area contributed by atoms with Crippen molar-refractivity contribution in [1.29, 1.82) is 0 Å². The van der Waals surface area contributed by atoms with Crippen LogP contribution >= 0.6 is 11.3 Å². The Labute approximate surface area is 115 Å². The van der Waals surface area contributed by atoms with Crippen molar-refractivity contribution in [2.24, 2.45) is 10.8 Å². The number of aromatic nitrogens is 1. The Hall–Kier alpha value is -1.14. The maximum Gasteiger partial charge on any atom is 0.355 e. The van der Waals surface area contributed by atoms with E-state index in [-0.39, 0.29) is 5.69 Å². The smallest absolute Gasteiger partial charge is 0.355 e. The lowest BCUT2D eigenvalue weighted by Crippen LogP contribution is -2.34. The Morgan fingerprint density at radius 3 is 2.63 bits per heavy atom. The van der Waals surface area contributed by atoms with E-state index in [1.165, 1.54) is 30.6 Å². The molecule has 4 rings (SSSR count). The minimum atomic E-state index is -0.943. The van der Waals surface area contributed by atoms with Crippen LogP contribution in [-0.2, 0) is 4.74 Å². The summed E-state index contributed by atoms with van der Waals surface area (Å²) in [5.74, 6) is -0.943. The van der Waals surface area contributed by atoms with Crippen molar-refractivity contribution in [3.05, 3.63) is 11.1 Å². The van der Waals surface area contributed by atoms with Gasteiger partial charge < -0.3 is 14.7 Å². The van der Waals surface area contributed by atoms with E-state index in [0.717, 1.165) is 31.4 Å². The molecule has 2 unspecified atom stereocenters. The number of hydrogen-bond acceptors (Lipinski definition) is 5. The summed E-state index contributed by atoms with van der Waals surface area (Å²) in [5.41, 5.74) is 0.748. The van der Waals surface area contributed by atoms with Crippen molar-refractivity contribution in [3.63, 3.8) is 0 Å². The molecule has 5 nitrogen and oxygen atoms in total. The van der Waals surface area contributed by atoms with Gasteiger partial charge in [0.25, 0.3) is 0 Å². The first-order valence-corrected chi connectivity index (χ1v) is 7.54. The molecule has 2 saturated heterocycles. The monoisotopic (exact) mass is 280 g/mol. The molecule has 6 heteroatoms. The predicted molar refractivity (Wildman–Crippen MR) is 70.8 cm³/mol. The number of carboxylic acids is 1. The second-order valence-electron chi connectivity index (χ2n) is 6.08. The highest BCUT2D eigenvalue weighted by molar-refractivity contribution is 7.13. The van der Waals surface area contributed by atoms with E-state index in [4.69, 9.17) is 9.84 Å². The zero-order valence-electron chi connectivity index (χ0n) is 10.6. The molecule has 2 atom stereocenters. The van der Waals surface area contributed by atoms with Crippen LogP contribution in [0.1, 0.15) is 29.8 Å². The molecule has 0 amide bonds. The molecule has 1 saturated carbocycles. The fraction of sp³-hybridized carbons (Fsp3) is 0.692. The first-order valence-electron chi connectivity index (χ1n) is 6.66. The molecule has 0 spiro atoms. The lowest BCUT2D eigenvalue weighted by Gasteiger charge is -2.28. The maximum atomic E-state index is 10.9. The van der Waals surface area contributed by atoms with Gasteiger partial charge in [-0.15, -0.1) is 11.3 Å². The van der Waals surface area contributed by atoms with E-state index < -0.39 is 5.97 Å². The van der Waals surface area contributed by atoms with Crippen LogP contribution in [0.5, 0.6) is 0 Å². The highest BCUT2D eigenvalue weighted by Gasteiger charge is 2.64. The molecule has 3 heterocycles. The van der Waals surface area contributed by atoms with Gasteiger partial charge in [-0.3, -0.25) is 0 Å².